The average Bonchev–Trinajstić information content (AvgIpc) is 2.83. The van der Waals surface area contributed by atoms with Gasteiger partial charge in [0.2, 0.25) is 0 Å². The van der Waals surface area contributed by atoms with E-state index in [2.05, 4.69) is 20.3 Å². The molecule has 0 radical (unpaired) electrons. The molecule has 2 aromatic rings. The number of aliphatic carboxylic acids is 1. The lowest BCUT2D eigenvalue weighted by Gasteiger charge is -1.98. The maximum absolute atomic E-state index is 10.4. The third-order valence-electron chi connectivity index (χ3n) is 2.60. The van der Waals surface area contributed by atoms with Gasteiger partial charge < -0.3 is 5.11 Å². The molecule has 100 valence electrons. The molecule has 0 saturated carbocycles. The van der Waals surface area contributed by atoms with Crippen molar-refractivity contribution in [1.29, 1.82) is 0 Å². The number of nitrogens with zero attached hydrogens (tertiary/aromatic N) is 5. The average molecular weight is 261 g/mol. The molecule has 0 bridgehead atoms. The number of aromatic nitrogens is 5. The van der Waals surface area contributed by atoms with Crippen LogP contribution in [0.15, 0.2) is 24.8 Å². The van der Waals surface area contributed by atoms with Crippen molar-refractivity contribution in [1.82, 2.24) is 25.0 Å². The van der Waals surface area contributed by atoms with E-state index >= 15 is 0 Å². The molecule has 0 aliphatic heterocycles. The van der Waals surface area contributed by atoms with Gasteiger partial charge in [0.05, 0.1) is 24.1 Å². The molecule has 0 atom stereocenters. The molecule has 0 fully saturated rings. The molecule has 0 aromatic carbocycles. The lowest BCUT2D eigenvalue weighted by molar-refractivity contribution is -0.137. The van der Waals surface area contributed by atoms with Crippen LogP contribution in [0, 0.1) is 0 Å². The standard InChI is InChI=1S/C12H15N5O2/c18-12(19)4-2-1-3-10-8-17(16-15-10)9-11-7-13-5-6-14-11/h5-8H,1-4,9H2,(H,18,19). The number of rotatable bonds is 7. The Hall–Kier alpha value is -2.31. The molecule has 2 heterocycles. The van der Waals surface area contributed by atoms with E-state index < -0.39 is 5.97 Å². The van der Waals surface area contributed by atoms with Crippen molar-refractivity contribution in [2.75, 3.05) is 0 Å². The predicted molar refractivity (Wildman–Crippen MR) is 66.3 cm³/mol. The fraction of sp³-hybridized carbons (Fsp3) is 0.417. The van der Waals surface area contributed by atoms with Crippen LogP contribution in [0.4, 0.5) is 0 Å². The van der Waals surface area contributed by atoms with Gasteiger partial charge >= 0.3 is 5.97 Å². The number of hydrogen-bond donors (Lipinski definition) is 1. The second-order valence-electron chi connectivity index (χ2n) is 4.21. The molecule has 19 heavy (non-hydrogen) atoms. The van der Waals surface area contributed by atoms with Crippen molar-refractivity contribution in [2.24, 2.45) is 0 Å². The largest absolute Gasteiger partial charge is 0.481 e. The van der Waals surface area contributed by atoms with Crippen LogP contribution in [0.3, 0.4) is 0 Å². The quantitative estimate of drug-likeness (QED) is 0.745. The van der Waals surface area contributed by atoms with Gasteiger partial charge in [-0.25, -0.2) is 4.68 Å². The van der Waals surface area contributed by atoms with E-state index in [-0.39, 0.29) is 6.42 Å². The number of carboxylic acids is 1. The fourth-order valence-corrected chi connectivity index (χ4v) is 1.69. The van der Waals surface area contributed by atoms with E-state index in [1.165, 1.54) is 0 Å². The first-order chi connectivity index (χ1) is 9.24. The Morgan fingerprint density at radius 3 is 2.89 bits per heavy atom. The summed E-state index contributed by atoms with van der Waals surface area (Å²) in [7, 11) is 0. The molecule has 2 rings (SSSR count). The summed E-state index contributed by atoms with van der Waals surface area (Å²) in [5, 5.41) is 16.6. The van der Waals surface area contributed by atoms with Gasteiger partial charge in [0.25, 0.3) is 0 Å². The Kier molecular flexibility index (Phi) is 4.54. The van der Waals surface area contributed by atoms with Gasteiger partial charge in [0, 0.05) is 25.0 Å². The van der Waals surface area contributed by atoms with E-state index in [1.54, 1.807) is 23.3 Å². The van der Waals surface area contributed by atoms with Crippen molar-refractivity contribution >= 4 is 5.97 Å². The molecule has 7 heteroatoms. The molecule has 7 nitrogen and oxygen atoms in total. The summed E-state index contributed by atoms with van der Waals surface area (Å²) in [5.74, 6) is -0.758. The predicted octanol–water partition coefficient (Wildman–Crippen LogP) is 0.914. The van der Waals surface area contributed by atoms with E-state index in [1.807, 2.05) is 6.20 Å². The first-order valence-electron chi connectivity index (χ1n) is 6.10. The minimum absolute atomic E-state index is 0.202. The number of carboxylic acid groups (broad SMARTS) is 1. The molecule has 0 aliphatic carbocycles. The van der Waals surface area contributed by atoms with Crippen LogP contribution in [-0.4, -0.2) is 36.0 Å². The van der Waals surface area contributed by atoms with Gasteiger partial charge in [0.15, 0.2) is 0 Å². The number of unbranched alkanes of at least 4 members (excludes halogenated alkanes) is 1. The zero-order valence-electron chi connectivity index (χ0n) is 10.4. The molecule has 0 saturated heterocycles. The molecular formula is C12H15N5O2. The SMILES string of the molecule is O=C(O)CCCCc1cn(Cc2cnccn2)nn1. The number of carbonyl (C=O) groups is 1. The lowest BCUT2D eigenvalue weighted by atomic mass is 10.1. The Bertz CT molecular complexity index is 526. The Morgan fingerprint density at radius 2 is 2.16 bits per heavy atom. The summed E-state index contributed by atoms with van der Waals surface area (Å²) in [6, 6.07) is 0. The maximum atomic E-state index is 10.4. The lowest BCUT2D eigenvalue weighted by Crippen LogP contribution is -2.02. The van der Waals surface area contributed by atoms with Crippen molar-refractivity contribution < 1.29 is 9.90 Å². The second kappa shape index (κ2) is 6.58. The van der Waals surface area contributed by atoms with Crippen LogP contribution in [-0.2, 0) is 17.8 Å². The van der Waals surface area contributed by atoms with Crippen molar-refractivity contribution in [3.8, 4) is 0 Å². The molecule has 0 amide bonds. The maximum Gasteiger partial charge on any atom is 0.303 e. The van der Waals surface area contributed by atoms with Gasteiger partial charge in [-0.05, 0) is 19.3 Å². The Labute approximate surface area is 110 Å². The number of hydrogen-bond acceptors (Lipinski definition) is 5. The van der Waals surface area contributed by atoms with Crippen LogP contribution in [0.25, 0.3) is 0 Å². The third-order valence-corrected chi connectivity index (χ3v) is 2.60. The van der Waals surface area contributed by atoms with Crippen LogP contribution in [0.1, 0.15) is 30.7 Å². The highest BCUT2D eigenvalue weighted by Crippen LogP contribution is 2.04. The number of aryl methyl sites for hydroxylation is 1. The molecule has 0 aliphatic rings. The summed E-state index contributed by atoms with van der Waals surface area (Å²) in [6.07, 6.45) is 9.21. The van der Waals surface area contributed by atoms with Crippen LogP contribution in [0.2, 0.25) is 0 Å². The highest BCUT2D eigenvalue weighted by atomic mass is 16.4. The van der Waals surface area contributed by atoms with Crippen LogP contribution >= 0.6 is 0 Å². The normalized spacial score (nSPS) is 10.5. The smallest absolute Gasteiger partial charge is 0.303 e. The molecule has 0 unspecified atom stereocenters. The highest BCUT2D eigenvalue weighted by molar-refractivity contribution is 5.66. The van der Waals surface area contributed by atoms with Gasteiger partial charge in [-0.15, -0.1) is 5.10 Å². The zero-order valence-corrected chi connectivity index (χ0v) is 10.4. The fourth-order valence-electron chi connectivity index (χ4n) is 1.69. The molecule has 1 N–H and O–H groups in total. The zero-order chi connectivity index (χ0) is 13.5. The summed E-state index contributed by atoms with van der Waals surface area (Å²) in [6.45, 7) is 0.538. The topological polar surface area (TPSA) is 93.8 Å². The van der Waals surface area contributed by atoms with Crippen molar-refractivity contribution in [3.05, 3.63) is 36.2 Å². The van der Waals surface area contributed by atoms with Crippen molar-refractivity contribution in [2.45, 2.75) is 32.2 Å². The summed E-state index contributed by atoms with van der Waals surface area (Å²) in [5.41, 5.74) is 1.69. The van der Waals surface area contributed by atoms with Crippen molar-refractivity contribution in [3.63, 3.8) is 0 Å². The monoisotopic (exact) mass is 261 g/mol. The molecular weight excluding hydrogens is 246 g/mol. The Balaban J connectivity index is 1.80. The molecule has 2 aromatic heterocycles. The summed E-state index contributed by atoms with van der Waals surface area (Å²) < 4.78 is 1.70. The highest BCUT2D eigenvalue weighted by Gasteiger charge is 2.03. The minimum atomic E-state index is -0.758. The second-order valence-corrected chi connectivity index (χ2v) is 4.21. The van der Waals surface area contributed by atoms with E-state index in [9.17, 15) is 4.79 Å². The van der Waals surface area contributed by atoms with Gasteiger partial charge in [-0.1, -0.05) is 5.21 Å². The van der Waals surface area contributed by atoms with Gasteiger partial charge in [0.1, 0.15) is 0 Å². The van der Waals surface area contributed by atoms with E-state index in [0.29, 0.717) is 13.0 Å². The van der Waals surface area contributed by atoms with E-state index in [0.717, 1.165) is 24.2 Å². The minimum Gasteiger partial charge on any atom is -0.481 e. The van der Waals surface area contributed by atoms with E-state index in [4.69, 9.17) is 5.11 Å². The van der Waals surface area contributed by atoms with Crippen LogP contribution < -0.4 is 0 Å². The summed E-state index contributed by atoms with van der Waals surface area (Å²) >= 11 is 0. The first kappa shape index (κ1) is 13.1. The van der Waals surface area contributed by atoms with Gasteiger partial charge in [-0.3, -0.25) is 14.8 Å². The first-order valence-corrected chi connectivity index (χ1v) is 6.10. The van der Waals surface area contributed by atoms with Gasteiger partial charge in [-0.2, -0.15) is 0 Å². The van der Waals surface area contributed by atoms with Crippen LogP contribution in [0.5, 0.6) is 0 Å². The molecule has 0 spiro atoms. The summed E-state index contributed by atoms with van der Waals surface area (Å²) in [4.78, 5) is 18.5. The third kappa shape index (κ3) is 4.46. The Morgan fingerprint density at radius 1 is 1.26 bits per heavy atom.